The van der Waals surface area contributed by atoms with Gasteiger partial charge < -0.3 is 21.4 Å². The van der Waals surface area contributed by atoms with E-state index in [4.69, 9.17) is 10.9 Å². The van der Waals surface area contributed by atoms with Crippen LogP contribution in [-0.2, 0) is 11.2 Å². The number of phenols is 1. The Morgan fingerprint density at radius 2 is 2.12 bits per heavy atom. The Morgan fingerprint density at radius 1 is 1.44 bits per heavy atom. The zero-order valence-corrected chi connectivity index (χ0v) is 8.55. The van der Waals surface area contributed by atoms with E-state index in [1.54, 1.807) is 18.2 Å². The summed E-state index contributed by atoms with van der Waals surface area (Å²) >= 11 is 0. The number of amidine groups is 1. The first-order valence-electron chi connectivity index (χ1n) is 4.63. The molecule has 1 amide bonds. The molecular weight excluding hydrogens is 210 g/mol. The molecule has 0 heterocycles. The minimum Gasteiger partial charge on any atom is -0.508 e. The lowest BCUT2D eigenvalue weighted by atomic mass is 10.1. The molecule has 5 N–H and O–H groups in total. The zero-order chi connectivity index (χ0) is 12.0. The largest absolute Gasteiger partial charge is 0.508 e. The van der Waals surface area contributed by atoms with Crippen molar-refractivity contribution in [2.45, 2.75) is 6.42 Å². The third-order valence-corrected chi connectivity index (χ3v) is 1.94. The Morgan fingerprint density at radius 3 is 2.75 bits per heavy atom. The van der Waals surface area contributed by atoms with E-state index in [2.05, 4.69) is 10.5 Å². The van der Waals surface area contributed by atoms with Gasteiger partial charge in [-0.15, -0.1) is 0 Å². The lowest BCUT2D eigenvalue weighted by molar-refractivity contribution is -0.120. The van der Waals surface area contributed by atoms with Gasteiger partial charge in [-0.05, 0) is 6.07 Å². The molecule has 86 valence electrons. The maximum absolute atomic E-state index is 11.4. The number of amides is 1. The Hall–Kier alpha value is -2.24. The fraction of sp³-hybridized carbons (Fsp3) is 0.200. The highest BCUT2D eigenvalue weighted by atomic mass is 16.4. The monoisotopic (exact) mass is 223 g/mol. The van der Waals surface area contributed by atoms with Gasteiger partial charge in [0.25, 0.3) is 0 Å². The van der Waals surface area contributed by atoms with Gasteiger partial charge in [0.1, 0.15) is 5.75 Å². The third kappa shape index (κ3) is 3.49. The summed E-state index contributed by atoms with van der Waals surface area (Å²) in [6.45, 7) is -0.0249. The van der Waals surface area contributed by atoms with Crippen molar-refractivity contribution in [1.29, 1.82) is 0 Å². The lowest BCUT2D eigenvalue weighted by Crippen LogP contribution is -2.34. The average molecular weight is 223 g/mol. The maximum atomic E-state index is 11.4. The van der Waals surface area contributed by atoms with Gasteiger partial charge >= 0.3 is 0 Å². The van der Waals surface area contributed by atoms with Crippen molar-refractivity contribution in [3.63, 3.8) is 0 Å². The molecule has 0 unspecified atom stereocenters. The predicted octanol–water partition coefficient (Wildman–Crippen LogP) is -0.203. The predicted molar refractivity (Wildman–Crippen MR) is 58.2 cm³/mol. The first kappa shape index (κ1) is 11.8. The quantitative estimate of drug-likeness (QED) is 0.245. The molecule has 6 heteroatoms. The number of carbonyl (C=O) groups excluding carboxylic acids is 1. The number of hydrogen-bond donors (Lipinski definition) is 4. The number of carbonyl (C=O) groups is 1. The van der Waals surface area contributed by atoms with Crippen LogP contribution in [0.25, 0.3) is 0 Å². The fourth-order valence-corrected chi connectivity index (χ4v) is 1.12. The van der Waals surface area contributed by atoms with Crippen molar-refractivity contribution in [2.24, 2.45) is 10.9 Å². The second-order valence-electron chi connectivity index (χ2n) is 3.17. The van der Waals surface area contributed by atoms with Crippen molar-refractivity contribution >= 4 is 11.7 Å². The third-order valence-electron chi connectivity index (χ3n) is 1.94. The number of para-hydroxylation sites is 1. The van der Waals surface area contributed by atoms with Crippen LogP contribution in [0.1, 0.15) is 5.56 Å². The average Bonchev–Trinajstić information content (AvgIpc) is 2.29. The summed E-state index contributed by atoms with van der Waals surface area (Å²) in [6, 6.07) is 6.56. The van der Waals surface area contributed by atoms with Crippen molar-refractivity contribution < 1.29 is 15.1 Å². The van der Waals surface area contributed by atoms with Gasteiger partial charge in [0.2, 0.25) is 5.91 Å². The lowest BCUT2D eigenvalue weighted by Gasteiger charge is -2.05. The van der Waals surface area contributed by atoms with Crippen LogP contribution in [0.5, 0.6) is 5.75 Å². The van der Waals surface area contributed by atoms with Gasteiger partial charge in [0.15, 0.2) is 5.84 Å². The number of nitrogens with zero attached hydrogens (tertiary/aromatic N) is 1. The van der Waals surface area contributed by atoms with Crippen molar-refractivity contribution in [3.8, 4) is 5.75 Å². The SMILES string of the molecule is N/C(CNC(=O)Cc1ccccc1O)=N/O. The van der Waals surface area contributed by atoms with Crippen LogP contribution < -0.4 is 11.1 Å². The molecule has 0 saturated heterocycles. The number of phenolic OH excluding ortho intramolecular Hbond substituents is 1. The van der Waals surface area contributed by atoms with E-state index in [-0.39, 0.29) is 30.5 Å². The maximum Gasteiger partial charge on any atom is 0.224 e. The molecule has 0 bridgehead atoms. The summed E-state index contributed by atoms with van der Waals surface area (Å²) in [5.41, 5.74) is 5.71. The standard InChI is InChI=1S/C10H13N3O3/c11-9(13-16)6-12-10(15)5-7-3-1-2-4-8(7)14/h1-4,14,16H,5-6H2,(H2,11,13)(H,12,15). The van der Waals surface area contributed by atoms with Gasteiger partial charge in [0.05, 0.1) is 13.0 Å². The second-order valence-corrected chi connectivity index (χ2v) is 3.17. The van der Waals surface area contributed by atoms with Gasteiger partial charge in [-0.25, -0.2) is 0 Å². The molecule has 1 aromatic carbocycles. The zero-order valence-electron chi connectivity index (χ0n) is 8.55. The molecule has 0 spiro atoms. The molecule has 16 heavy (non-hydrogen) atoms. The summed E-state index contributed by atoms with van der Waals surface area (Å²) in [5.74, 6) is -0.319. The van der Waals surface area contributed by atoms with E-state index in [0.717, 1.165) is 0 Å². The number of aromatic hydroxyl groups is 1. The first-order valence-corrected chi connectivity index (χ1v) is 4.63. The summed E-state index contributed by atoms with van der Waals surface area (Å²) in [5, 5.41) is 22.8. The van der Waals surface area contributed by atoms with E-state index < -0.39 is 0 Å². The number of rotatable bonds is 4. The summed E-state index contributed by atoms with van der Waals surface area (Å²) in [4.78, 5) is 11.4. The number of hydrogen-bond acceptors (Lipinski definition) is 4. The topological polar surface area (TPSA) is 108 Å². The highest BCUT2D eigenvalue weighted by Gasteiger charge is 2.06. The Bertz CT molecular complexity index is 404. The van der Waals surface area contributed by atoms with Gasteiger partial charge in [-0.2, -0.15) is 0 Å². The molecule has 0 saturated carbocycles. The normalized spacial score (nSPS) is 11.1. The molecule has 0 aliphatic carbocycles. The smallest absolute Gasteiger partial charge is 0.224 e. The molecular formula is C10H13N3O3. The molecule has 0 aromatic heterocycles. The van der Waals surface area contributed by atoms with Crippen LogP contribution in [0.4, 0.5) is 0 Å². The van der Waals surface area contributed by atoms with E-state index in [0.29, 0.717) is 5.56 Å². The van der Waals surface area contributed by atoms with Crippen molar-refractivity contribution in [1.82, 2.24) is 5.32 Å². The molecule has 1 rings (SSSR count). The molecule has 0 aliphatic rings. The van der Waals surface area contributed by atoms with Crippen molar-refractivity contribution in [2.75, 3.05) is 6.54 Å². The summed E-state index contributed by atoms with van der Waals surface area (Å²) in [6.07, 6.45) is 0.0470. The second kappa shape index (κ2) is 5.59. The Labute approximate surface area is 92.4 Å². The van der Waals surface area contributed by atoms with Gasteiger partial charge in [-0.1, -0.05) is 23.4 Å². The Balaban J connectivity index is 2.49. The first-order chi connectivity index (χ1) is 7.63. The van der Waals surface area contributed by atoms with Gasteiger partial charge in [0, 0.05) is 5.56 Å². The molecule has 1 aromatic rings. The van der Waals surface area contributed by atoms with E-state index in [1.807, 2.05) is 0 Å². The minimum atomic E-state index is -0.312. The highest BCUT2D eigenvalue weighted by Crippen LogP contribution is 2.15. The van der Waals surface area contributed by atoms with Crippen LogP contribution in [0.2, 0.25) is 0 Å². The number of nitrogens with two attached hydrogens (primary N) is 1. The highest BCUT2D eigenvalue weighted by molar-refractivity contribution is 5.87. The van der Waals surface area contributed by atoms with Crippen LogP contribution in [0, 0.1) is 0 Å². The molecule has 0 aliphatic heterocycles. The van der Waals surface area contributed by atoms with E-state index >= 15 is 0 Å². The molecule has 0 radical (unpaired) electrons. The van der Waals surface area contributed by atoms with Crippen LogP contribution in [0.15, 0.2) is 29.4 Å². The number of benzene rings is 1. The molecule has 0 atom stereocenters. The van der Waals surface area contributed by atoms with E-state index in [9.17, 15) is 9.90 Å². The Kier molecular flexibility index (Phi) is 4.14. The summed E-state index contributed by atoms with van der Waals surface area (Å²) < 4.78 is 0. The minimum absolute atomic E-state index is 0.0249. The van der Waals surface area contributed by atoms with Gasteiger partial charge in [-0.3, -0.25) is 4.79 Å². The van der Waals surface area contributed by atoms with E-state index in [1.165, 1.54) is 6.07 Å². The number of oxime groups is 1. The fourth-order valence-electron chi connectivity index (χ4n) is 1.12. The van der Waals surface area contributed by atoms with Crippen molar-refractivity contribution in [3.05, 3.63) is 29.8 Å². The molecule has 6 nitrogen and oxygen atoms in total. The number of nitrogens with one attached hydrogen (secondary N) is 1. The molecule has 0 fully saturated rings. The van der Waals surface area contributed by atoms with Crippen LogP contribution >= 0.6 is 0 Å². The van der Waals surface area contributed by atoms with Crippen LogP contribution in [0.3, 0.4) is 0 Å². The van der Waals surface area contributed by atoms with Crippen LogP contribution in [-0.4, -0.2) is 28.6 Å². The summed E-state index contributed by atoms with van der Waals surface area (Å²) in [7, 11) is 0.